The van der Waals surface area contributed by atoms with Gasteiger partial charge in [-0.15, -0.1) is 0 Å². The molecular weight excluding hydrogens is 274 g/mol. The molecule has 1 unspecified atom stereocenters. The second kappa shape index (κ2) is 5.88. The summed E-state index contributed by atoms with van der Waals surface area (Å²) in [6, 6.07) is 9.81. The summed E-state index contributed by atoms with van der Waals surface area (Å²) in [5.41, 5.74) is 0.769. The van der Waals surface area contributed by atoms with E-state index in [1.165, 1.54) is 36.4 Å². The smallest absolute Gasteiger partial charge is 0.232 e. The highest BCUT2D eigenvalue weighted by Gasteiger charge is 2.30. The molecule has 0 spiro atoms. The maximum absolute atomic E-state index is 13.0. The standard InChI is InChI=1S/C15H15NO3S/c16-14(17)11-20(18,19)15(12-7-3-1-4-8-12)13-9-5-2-6-10-13/h1-10,15H,11H2,(H2,16,17)/i3D,7D,11D2,15D. The Bertz CT molecular complexity index is 918. The van der Waals surface area contributed by atoms with Crippen LogP contribution in [0.5, 0.6) is 0 Å². The van der Waals surface area contributed by atoms with Gasteiger partial charge in [0.1, 0.15) is 10.9 Å². The summed E-state index contributed by atoms with van der Waals surface area (Å²) in [7, 11) is -5.22. The van der Waals surface area contributed by atoms with Crippen LogP contribution in [0.2, 0.25) is 0 Å². The summed E-state index contributed by atoms with van der Waals surface area (Å²) in [5.74, 6) is -1.76. The molecule has 1 atom stereocenters. The molecule has 1 amide bonds. The summed E-state index contributed by atoms with van der Waals surface area (Å²) < 4.78 is 65.6. The van der Waals surface area contributed by atoms with E-state index in [1.807, 2.05) is 0 Å². The van der Waals surface area contributed by atoms with E-state index in [0.717, 1.165) is 6.07 Å². The molecule has 0 radical (unpaired) electrons. The van der Waals surface area contributed by atoms with E-state index in [0.29, 0.717) is 0 Å². The number of primary amides is 1. The van der Waals surface area contributed by atoms with Crippen LogP contribution in [0.4, 0.5) is 0 Å². The molecule has 2 aromatic carbocycles. The molecule has 0 aromatic heterocycles. The van der Waals surface area contributed by atoms with Gasteiger partial charge in [-0.2, -0.15) is 0 Å². The molecule has 2 aromatic rings. The Labute approximate surface area is 125 Å². The zero-order chi connectivity index (χ0) is 19.0. The van der Waals surface area contributed by atoms with Crippen LogP contribution in [-0.2, 0) is 14.6 Å². The van der Waals surface area contributed by atoms with Crippen molar-refractivity contribution in [2.24, 2.45) is 5.73 Å². The lowest BCUT2D eigenvalue weighted by Crippen LogP contribution is -2.27. The summed E-state index contributed by atoms with van der Waals surface area (Å²) in [6.45, 7) is 0. The van der Waals surface area contributed by atoms with Crippen LogP contribution in [0.3, 0.4) is 0 Å². The highest BCUT2D eigenvalue weighted by atomic mass is 32.2. The van der Waals surface area contributed by atoms with Gasteiger partial charge in [0, 0.05) is 0 Å². The molecule has 0 bridgehead atoms. The highest BCUT2D eigenvalue weighted by molar-refractivity contribution is 7.92. The van der Waals surface area contributed by atoms with Crippen LogP contribution in [0.25, 0.3) is 0 Å². The minimum Gasteiger partial charge on any atom is -0.369 e. The Morgan fingerprint density at radius 2 is 1.80 bits per heavy atom. The predicted octanol–water partition coefficient (Wildman–Crippen LogP) is 1.68. The molecule has 104 valence electrons. The van der Waals surface area contributed by atoms with Gasteiger partial charge in [-0.1, -0.05) is 60.6 Å². The molecule has 0 aliphatic carbocycles. The van der Waals surface area contributed by atoms with E-state index < -0.39 is 38.3 Å². The van der Waals surface area contributed by atoms with Gasteiger partial charge in [0.2, 0.25) is 5.91 Å². The fourth-order valence-electron chi connectivity index (χ4n) is 1.71. The third kappa shape index (κ3) is 3.24. The van der Waals surface area contributed by atoms with Crippen molar-refractivity contribution in [2.45, 2.75) is 5.23 Å². The summed E-state index contributed by atoms with van der Waals surface area (Å²) in [6.07, 6.45) is 0. The number of rotatable bonds is 5. The zero-order valence-electron chi connectivity index (χ0n) is 15.3. The second-order valence-electron chi connectivity index (χ2n) is 3.87. The number of nitrogens with two attached hydrogens (primary N) is 1. The Kier molecular flexibility index (Phi) is 2.62. The predicted molar refractivity (Wildman–Crippen MR) is 77.7 cm³/mol. The molecule has 0 saturated heterocycles. The molecule has 2 N–H and O–H groups in total. The van der Waals surface area contributed by atoms with Crippen LogP contribution in [0.15, 0.2) is 60.6 Å². The van der Waals surface area contributed by atoms with E-state index in [9.17, 15) is 13.2 Å². The van der Waals surface area contributed by atoms with E-state index in [4.69, 9.17) is 12.6 Å². The Morgan fingerprint density at radius 3 is 2.45 bits per heavy atom. The van der Waals surface area contributed by atoms with Crippen LogP contribution < -0.4 is 5.73 Å². The lowest BCUT2D eigenvalue weighted by Gasteiger charge is -2.17. The van der Waals surface area contributed by atoms with Gasteiger partial charge < -0.3 is 5.73 Å². The van der Waals surface area contributed by atoms with Crippen molar-refractivity contribution in [1.82, 2.24) is 0 Å². The molecule has 0 aliphatic rings. The summed E-state index contributed by atoms with van der Waals surface area (Å²) in [4.78, 5) is 11.4. The maximum Gasteiger partial charge on any atom is 0.232 e. The molecular formula is C15H15NO3S. The summed E-state index contributed by atoms with van der Waals surface area (Å²) >= 11 is 0. The average Bonchev–Trinajstić information content (AvgIpc) is 2.57. The van der Waals surface area contributed by atoms with Crippen molar-refractivity contribution in [3.63, 3.8) is 0 Å². The number of amides is 1. The molecule has 0 fully saturated rings. The monoisotopic (exact) mass is 294 g/mol. The van der Waals surface area contributed by atoms with Crippen molar-refractivity contribution < 1.29 is 20.1 Å². The van der Waals surface area contributed by atoms with E-state index in [1.54, 1.807) is 6.07 Å². The molecule has 2 rings (SSSR count). The first-order valence-electron chi connectivity index (χ1n) is 8.14. The third-order valence-corrected chi connectivity index (χ3v) is 3.90. The van der Waals surface area contributed by atoms with Crippen molar-refractivity contribution >= 4 is 15.7 Å². The van der Waals surface area contributed by atoms with Crippen LogP contribution in [0, 0.1) is 0 Å². The molecule has 5 heteroatoms. The number of hydrogen-bond acceptors (Lipinski definition) is 3. The number of benzene rings is 2. The highest BCUT2D eigenvalue weighted by Crippen LogP contribution is 2.30. The van der Waals surface area contributed by atoms with Crippen LogP contribution in [-0.4, -0.2) is 20.0 Å². The fourth-order valence-corrected chi connectivity index (χ4v) is 2.94. The number of sulfone groups is 1. The summed E-state index contributed by atoms with van der Waals surface area (Å²) in [5, 5.41) is -2.83. The number of carbonyl (C=O) groups excluding carboxylic acids is 1. The lowest BCUT2D eigenvalue weighted by molar-refractivity contribution is -0.115. The van der Waals surface area contributed by atoms with Gasteiger partial charge >= 0.3 is 0 Å². The Morgan fingerprint density at radius 1 is 1.20 bits per heavy atom. The Balaban J connectivity index is 2.94. The van der Waals surface area contributed by atoms with E-state index in [-0.39, 0.29) is 11.6 Å². The normalized spacial score (nSPS) is 18.7. The van der Waals surface area contributed by atoms with Gasteiger partial charge in [0.25, 0.3) is 0 Å². The first-order chi connectivity index (χ1) is 11.5. The molecule has 0 saturated carbocycles. The van der Waals surface area contributed by atoms with Crippen molar-refractivity contribution in [2.75, 3.05) is 5.70 Å². The fraction of sp³-hybridized carbons (Fsp3) is 0.133. The van der Waals surface area contributed by atoms with Gasteiger partial charge in [0.15, 0.2) is 9.84 Å². The number of carbonyl (C=O) groups is 1. The van der Waals surface area contributed by atoms with Crippen LogP contribution in [0.1, 0.15) is 23.2 Å². The second-order valence-corrected chi connectivity index (χ2v) is 5.49. The minimum atomic E-state index is -5.22. The SMILES string of the molecule is [2H]c1cccc(C([2H])(c2ccccc2)S(=O)(=O)C([2H])([2H])C(N)=O)c1[2H]. The largest absolute Gasteiger partial charge is 0.369 e. The quantitative estimate of drug-likeness (QED) is 0.911. The molecule has 4 nitrogen and oxygen atoms in total. The van der Waals surface area contributed by atoms with Crippen molar-refractivity contribution in [1.29, 1.82) is 0 Å². The zero-order valence-corrected chi connectivity index (χ0v) is 11.1. The molecule has 20 heavy (non-hydrogen) atoms. The molecule has 0 heterocycles. The molecule has 0 aliphatic heterocycles. The average molecular weight is 294 g/mol. The third-order valence-electron chi connectivity index (χ3n) is 2.43. The topological polar surface area (TPSA) is 77.2 Å². The van der Waals surface area contributed by atoms with Gasteiger partial charge in [-0.25, -0.2) is 8.42 Å². The van der Waals surface area contributed by atoms with Gasteiger partial charge in [-0.3, -0.25) is 4.79 Å². The van der Waals surface area contributed by atoms with E-state index in [2.05, 4.69) is 0 Å². The van der Waals surface area contributed by atoms with Crippen LogP contribution >= 0.6 is 0 Å². The first-order valence-corrected chi connectivity index (χ1v) is 7.12. The maximum atomic E-state index is 13.0. The van der Waals surface area contributed by atoms with Gasteiger partial charge in [-0.05, 0) is 11.1 Å². The Hall–Kier alpha value is -2.14. The number of hydrogen-bond donors (Lipinski definition) is 1. The lowest BCUT2D eigenvalue weighted by atomic mass is 10.0. The van der Waals surface area contributed by atoms with Crippen molar-refractivity contribution in [3.8, 4) is 0 Å². The van der Waals surface area contributed by atoms with Gasteiger partial charge in [0.05, 0.1) is 6.85 Å². The first kappa shape index (κ1) is 8.92. The minimum absolute atomic E-state index is 0.167. The van der Waals surface area contributed by atoms with Crippen molar-refractivity contribution in [3.05, 3.63) is 71.7 Å². The van der Waals surface area contributed by atoms with E-state index >= 15 is 0 Å².